The minimum absolute atomic E-state index is 0.0653. The van der Waals surface area contributed by atoms with Gasteiger partial charge in [0.05, 0.1) is 32.7 Å². The van der Waals surface area contributed by atoms with Crippen LogP contribution in [0.15, 0.2) is 12.4 Å². The summed E-state index contributed by atoms with van der Waals surface area (Å²) in [6, 6.07) is 0. The number of likely N-dealkylation sites (tertiary alicyclic amines) is 1. The van der Waals surface area contributed by atoms with Crippen molar-refractivity contribution in [3.05, 3.63) is 18.1 Å². The van der Waals surface area contributed by atoms with Crippen LogP contribution in [0.25, 0.3) is 0 Å². The van der Waals surface area contributed by atoms with Crippen molar-refractivity contribution in [1.82, 2.24) is 14.9 Å². The maximum Gasteiger partial charge on any atom is 0.316 e. The van der Waals surface area contributed by atoms with Crippen LogP contribution >= 0.6 is 0 Å². The summed E-state index contributed by atoms with van der Waals surface area (Å²) in [5, 5.41) is 0. The first kappa shape index (κ1) is 17.2. The number of hydrogen-bond acceptors (Lipinski definition) is 7. The summed E-state index contributed by atoms with van der Waals surface area (Å²) >= 11 is 0. The first-order valence-electron chi connectivity index (χ1n) is 9.16. The van der Waals surface area contributed by atoms with Crippen LogP contribution in [-0.4, -0.2) is 73.2 Å². The second-order valence-corrected chi connectivity index (χ2v) is 7.36. The fourth-order valence-electron chi connectivity index (χ4n) is 4.27. The Kier molecular flexibility index (Phi) is 4.52. The molecule has 2 atom stereocenters. The van der Waals surface area contributed by atoms with Gasteiger partial charge in [0.1, 0.15) is 16.9 Å². The van der Waals surface area contributed by atoms with E-state index in [0.29, 0.717) is 37.8 Å². The van der Waals surface area contributed by atoms with Gasteiger partial charge in [0.2, 0.25) is 0 Å². The number of carbonyl (C=O) groups is 2. The molecule has 140 valence electrons. The second kappa shape index (κ2) is 6.83. The Morgan fingerprint density at radius 3 is 2.85 bits per heavy atom. The van der Waals surface area contributed by atoms with Crippen molar-refractivity contribution in [3.63, 3.8) is 0 Å². The standard InChI is InChI=1S/C18H24N4O4/c1-25-17(24)18-11-22(9-13(18)10-26-12-18)15-8-19-7-14(20-15)16(23)21-5-3-2-4-6-21/h7-8,13H,2-6,9-12H2,1H3/t13-,18-/m0/s1. The molecule has 4 rings (SSSR count). The summed E-state index contributed by atoms with van der Waals surface area (Å²) in [6.07, 6.45) is 6.42. The van der Waals surface area contributed by atoms with Gasteiger partial charge in [0.25, 0.3) is 5.91 Å². The molecule has 0 aliphatic carbocycles. The van der Waals surface area contributed by atoms with Gasteiger partial charge in [0.15, 0.2) is 0 Å². The Bertz CT molecular complexity index is 706. The SMILES string of the molecule is COC(=O)[C@@]12COC[C@@H]1CN(c1cncc(C(=O)N3CCCCC3)n1)C2. The van der Waals surface area contributed by atoms with Crippen molar-refractivity contribution in [1.29, 1.82) is 0 Å². The minimum Gasteiger partial charge on any atom is -0.468 e. The molecule has 3 saturated heterocycles. The zero-order valence-corrected chi connectivity index (χ0v) is 15.0. The number of carbonyl (C=O) groups excluding carboxylic acids is 2. The molecule has 1 aromatic rings. The van der Waals surface area contributed by atoms with E-state index in [4.69, 9.17) is 9.47 Å². The van der Waals surface area contributed by atoms with E-state index < -0.39 is 5.41 Å². The number of esters is 1. The van der Waals surface area contributed by atoms with E-state index in [9.17, 15) is 9.59 Å². The fourth-order valence-corrected chi connectivity index (χ4v) is 4.27. The highest BCUT2D eigenvalue weighted by Gasteiger charge is 2.57. The van der Waals surface area contributed by atoms with Crippen LogP contribution in [0.2, 0.25) is 0 Å². The van der Waals surface area contributed by atoms with Gasteiger partial charge in [0, 0.05) is 32.1 Å². The summed E-state index contributed by atoms with van der Waals surface area (Å²) in [7, 11) is 1.41. The lowest BCUT2D eigenvalue weighted by molar-refractivity contribution is -0.152. The molecule has 3 aliphatic rings. The van der Waals surface area contributed by atoms with E-state index in [0.717, 1.165) is 25.9 Å². The topological polar surface area (TPSA) is 84.9 Å². The number of methoxy groups -OCH3 is 1. The van der Waals surface area contributed by atoms with Crippen LogP contribution in [-0.2, 0) is 14.3 Å². The lowest BCUT2D eigenvalue weighted by Gasteiger charge is -2.27. The van der Waals surface area contributed by atoms with E-state index >= 15 is 0 Å². The van der Waals surface area contributed by atoms with Gasteiger partial charge < -0.3 is 19.3 Å². The third-order valence-corrected chi connectivity index (χ3v) is 5.77. The van der Waals surface area contributed by atoms with Crippen LogP contribution in [0.3, 0.4) is 0 Å². The lowest BCUT2D eigenvalue weighted by Crippen LogP contribution is -2.40. The number of hydrogen-bond donors (Lipinski definition) is 0. The van der Waals surface area contributed by atoms with Crippen LogP contribution in [0.1, 0.15) is 29.8 Å². The molecule has 0 saturated carbocycles. The Labute approximate surface area is 152 Å². The Hall–Kier alpha value is -2.22. The normalized spacial score (nSPS) is 28.1. The highest BCUT2D eigenvalue weighted by molar-refractivity contribution is 5.92. The number of piperidine rings is 1. The van der Waals surface area contributed by atoms with Crippen LogP contribution in [0.4, 0.5) is 5.82 Å². The van der Waals surface area contributed by atoms with Crippen molar-refractivity contribution in [2.75, 3.05) is 51.4 Å². The van der Waals surface area contributed by atoms with Crippen molar-refractivity contribution in [3.8, 4) is 0 Å². The molecule has 26 heavy (non-hydrogen) atoms. The fraction of sp³-hybridized carbons (Fsp3) is 0.667. The molecule has 0 N–H and O–H groups in total. The average molecular weight is 360 g/mol. The average Bonchev–Trinajstić information content (AvgIpc) is 3.26. The number of aromatic nitrogens is 2. The molecule has 4 heterocycles. The van der Waals surface area contributed by atoms with Crippen LogP contribution in [0.5, 0.6) is 0 Å². The Morgan fingerprint density at radius 1 is 1.27 bits per heavy atom. The predicted octanol–water partition coefficient (Wildman–Crippen LogP) is 0.728. The summed E-state index contributed by atoms with van der Waals surface area (Å²) in [5.74, 6) is 0.393. The molecule has 8 heteroatoms. The maximum atomic E-state index is 12.7. The van der Waals surface area contributed by atoms with Crippen molar-refractivity contribution >= 4 is 17.7 Å². The zero-order chi connectivity index (χ0) is 18.1. The van der Waals surface area contributed by atoms with Gasteiger partial charge in [-0.1, -0.05) is 0 Å². The smallest absolute Gasteiger partial charge is 0.316 e. The zero-order valence-electron chi connectivity index (χ0n) is 15.0. The van der Waals surface area contributed by atoms with E-state index in [2.05, 4.69) is 9.97 Å². The molecule has 0 aromatic carbocycles. The number of amides is 1. The van der Waals surface area contributed by atoms with Gasteiger partial charge in [-0.15, -0.1) is 0 Å². The molecular weight excluding hydrogens is 336 g/mol. The van der Waals surface area contributed by atoms with Crippen LogP contribution < -0.4 is 4.90 Å². The van der Waals surface area contributed by atoms with Crippen molar-refractivity contribution in [2.45, 2.75) is 19.3 Å². The van der Waals surface area contributed by atoms with Gasteiger partial charge in [-0.25, -0.2) is 4.98 Å². The van der Waals surface area contributed by atoms with E-state index in [1.54, 1.807) is 6.20 Å². The van der Waals surface area contributed by atoms with Crippen molar-refractivity contribution in [2.24, 2.45) is 11.3 Å². The van der Waals surface area contributed by atoms with Gasteiger partial charge in [-0.05, 0) is 19.3 Å². The van der Waals surface area contributed by atoms with E-state index in [-0.39, 0.29) is 17.8 Å². The highest BCUT2D eigenvalue weighted by Crippen LogP contribution is 2.43. The van der Waals surface area contributed by atoms with Gasteiger partial charge in [-0.2, -0.15) is 0 Å². The summed E-state index contributed by atoms with van der Waals surface area (Å²) < 4.78 is 10.6. The summed E-state index contributed by atoms with van der Waals surface area (Å²) in [4.78, 5) is 37.7. The first-order chi connectivity index (χ1) is 12.6. The lowest BCUT2D eigenvalue weighted by atomic mass is 9.81. The Balaban J connectivity index is 1.54. The van der Waals surface area contributed by atoms with Crippen LogP contribution in [0, 0.1) is 11.3 Å². The molecule has 1 aromatic heterocycles. The third kappa shape index (κ3) is 2.82. The largest absolute Gasteiger partial charge is 0.468 e. The quantitative estimate of drug-likeness (QED) is 0.735. The molecule has 3 fully saturated rings. The predicted molar refractivity (Wildman–Crippen MR) is 92.8 cm³/mol. The third-order valence-electron chi connectivity index (χ3n) is 5.77. The molecule has 0 bridgehead atoms. The summed E-state index contributed by atoms with van der Waals surface area (Å²) in [6.45, 7) is 3.57. The number of fused-ring (bicyclic) bond motifs is 1. The van der Waals surface area contributed by atoms with E-state index in [1.807, 2.05) is 9.80 Å². The second-order valence-electron chi connectivity index (χ2n) is 7.36. The minimum atomic E-state index is -0.649. The summed E-state index contributed by atoms with van der Waals surface area (Å²) in [5.41, 5.74) is -0.284. The number of ether oxygens (including phenoxy) is 2. The highest BCUT2D eigenvalue weighted by atomic mass is 16.5. The molecule has 0 unspecified atom stereocenters. The first-order valence-corrected chi connectivity index (χ1v) is 9.16. The Morgan fingerprint density at radius 2 is 2.08 bits per heavy atom. The molecule has 0 radical (unpaired) electrons. The van der Waals surface area contributed by atoms with Gasteiger partial charge in [-0.3, -0.25) is 14.6 Å². The number of nitrogens with zero attached hydrogens (tertiary/aromatic N) is 4. The van der Waals surface area contributed by atoms with E-state index in [1.165, 1.54) is 19.7 Å². The molecular formula is C18H24N4O4. The number of rotatable bonds is 3. The maximum absolute atomic E-state index is 12.7. The van der Waals surface area contributed by atoms with Gasteiger partial charge >= 0.3 is 5.97 Å². The number of anilines is 1. The molecule has 8 nitrogen and oxygen atoms in total. The molecule has 0 spiro atoms. The molecule has 1 amide bonds. The molecule has 3 aliphatic heterocycles. The monoisotopic (exact) mass is 360 g/mol. The van der Waals surface area contributed by atoms with Crippen molar-refractivity contribution < 1.29 is 19.1 Å².